The largest absolute Gasteiger partial charge is 0.399 e. The Kier molecular flexibility index (Phi) is 2.93. The van der Waals surface area contributed by atoms with Crippen molar-refractivity contribution in [2.24, 2.45) is 0 Å². The molecule has 2 rings (SSSR count). The van der Waals surface area contributed by atoms with Gasteiger partial charge in [-0.2, -0.15) is 0 Å². The highest BCUT2D eigenvalue weighted by atomic mass is 14.8. The number of aromatic nitrogens is 2. The first kappa shape index (κ1) is 9.65. The summed E-state index contributed by atoms with van der Waals surface area (Å²) in [5.74, 6) is 0. The van der Waals surface area contributed by atoms with E-state index in [4.69, 9.17) is 5.73 Å². The number of benzene rings is 1. The van der Waals surface area contributed by atoms with Crippen molar-refractivity contribution in [3.63, 3.8) is 0 Å². The molecule has 0 bridgehead atoms. The average molecular weight is 199 g/mol. The summed E-state index contributed by atoms with van der Waals surface area (Å²) in [4.78, 5) is 8.06. The minimum atomic E-state index is 0.806. The normalized spacial score (nSPS) is 10.1. The summed E-state index contributed by atoms with van der Waals surface area (Å²) < 4.78 is 0. The molecule has 0 saturated carbocycles. The molecular formula is C12H13N3. The summed E-state index contributed by atoms with van der Waals surface area (Å²) in [6, 6.07) is 9.90. The van der Waals surface area contributed by atoms with Crippen LogP contribution in [-0.2, 0) is 12.8 Å². The number of nitrogens with zero attached hydrogens (tertiary/aromatic N) is 2. The molecule has 3 nitrogen and oxygen atoms in total. The predicted molar refractivity (Wildman–Crippen MR) is 60.3 cm³/mol. The quantitative estimate of drug-likeness (QED) is 0.767. The molecule has 0 amide bonds. The van der Waals surface area contributed by atoms with Crippen molar-refractivity contribution in [2.75, 3.05) is 5.73 Å². The molecule has 76 valence electrons. The minimum absolute atomic E-state index is 0.806. The van der Waals surface area contributed by atoms with Crippen molar-refractivity contribution in [3.8, 4) is 0 Å². The van der Waals surface area contributed by atoms with Gasteiger partial charge in [-0.15, -0.1) is 0 Å². The van der Waals surface area contributed by atoms with Gasteiger partial charge in [-0.1, -0.05) is 12.1 Å². The SMILES string of the molecule is Nc1ccc(CCc2ccncn2)cc1. The average Bonchev–Trinajstić information content (AvgIpc) is 2.30. The van der Waals surface area contributed by atoms with Gasteiger partial charge in [0.1, 0.15) is 6.33 Å². The lowest BCUT2D eigenvalue weighted by molar-refractivity contribution is 0.900. The predicted octanol–water partition coefficient (Wildman–Crippen LogP) is 1.84. The Morgan fingerprint density at radius 1 is 1.00 bits per heavy atom. The Labute approximate surface area is 89.0 Å². The van der Waals surface area contributed by atoms with E-state index in [1.807, 2.05) is 18.2 Å². The Morgan fingerprint density at radius 3 is 2.47 bits per heavy atom. The van der Waals surface area contributed by atoms with Crippen LogP contribution in [0.15, 0.2) is 42.9 Å². The number of rotatable bonds is 3. The molecule has 1 heterocycles. The number of aryl methyl sites for hydroxylation is 2. The van der Waals surface area contributed by atoms with Crippen molar-refractivity contribution < 1.29 is 0 Å². The fourth-order valence-corrected chi connectivity index (χ4v) is 1.42. The van der Waals surface area contributed by atoms with E-state index in [9.17, 15) is 0 Å². The van der Waals surface area contributed by atoms with E-state index >= 15 is 0 Å². The van der Waals surface area contributed by atoms with Crippen LogP contribution < -0.4 is 5.73 Å². The van der Waals surface area contributed by atoms with Crippen LogP contribution in [0.2, 0.25) is 0 Å². The molecule has 0 spiro atoms. The van der Waals surface area contributed by atoms with Gasteiger partial charge < -0.3 is 5.73 Å². The number of nitrogen functional groups attached to an aromatic ring is 1. The van der Waals surface area contributed by atoms with Gasteiger partial charge in [0.05, 0.1) is 0 Å². The zero-order valence-electron chi connectivity index (χ0n) is 8.43. The van der Waals surface area contributed by atoms with E-state index in [2.05, 4.69) is 22.1 Å². The van der Waals surface area contributed by atoms with Gasteiger partial charge in [-0.3, -0.25) is 0 Å². The van der Waals surface area contributed by atoms with E-state index in [0.717, 1.165) is 24.2 Å². The molecule has 0 atom stereocenters. The number of anilines is 1. The van der Waals surface area contributed by atoms with Crippen LogP contribution >= 0.6 is 0 Å². The maximum absolute atomic E-state index is 5.61. The lowest BCUT2D eigenvalue weighted by atomic mass is 10.1. The molecular weight excluding hydrogens is 186 g/mol. The number of hydrogen-bond acceptors (Lipinski definition) is 3. The molecule has 0 aliphatic carbocycles. The summed E-state index contributed by atoms with van der Waals surface area (Å²) in [6.07, 6.45) is 5.27. The summed E-state index contributed by atoms with van der Waals surface area (Å²) in [6.45, 7) is 0. The van der Waals surface area contributed by atoms with Crippen molar-refractivity contribution in [1.82, 2.24) is 9.97 Å². The maximum Gasteiger partial charge on any atom is 0.115 e. The molecule has 2 N–H and O–H groups in total. The highest BCUT2D eigenvalue weighted by molar-refractivity contribution is 5.39. The van der Waals surface area contributed by atoms with Crippen LogP contribution in [0.1, 0.15) is 11.3 Å². The molecule has 0 saturated heterocycles. The van der Waals surface area contributed by atoms with Crippen molar-refractivity contribution >= 4 is 5.69 Å². The third-order valence-corrected chi connectivity index (χ3v) is 2.29. The van der Waals surface area contributed by atoms with E-state index in [1.54, 1.807) is 12.5 Å². The second kappa shape index (κ2) is 4.55. The fraction of sp³-hybridized carbons (Fsp3) is 0.167. The van der Waals surface area contributed by atoms with Crippen molar-refractivity contribution in [3.05, 3.63) is 54.1 Å². The molecule has 0 unspecified atom stereocenters. The zero-order chi connectivity index (χ0) is 10.5. The van der Waals surface area contributed by atoms with Crippen LogP contribution in [0.5, 0.6) is 0 Å². The first-order chi connectivity index (χ1) is 7.34. The molecule has 0 fully saturated rings. The second-order valence-electron chi connectivity index (χ2n) is 3.44. The Morgan fingerprint density at radius 2 is 1.80 bits per heavy atom. The van der Waals surface area contributed by atoms with Crippen LogP contribution in [-0.4, -0.2) is 9.97 Å². The maximum atomic E-state index is 5.61. The summed E-state index contributed by atoms with van der Waals surface area (Å²) in [7, 11) is 0. The van der Waals surface area contributed by atoms with E-state index < -0.39 is 0 Å². The first-order valence-corrected chi connectivity index (χ1v) is 4.94. The number of hydrogen-bond donors (Lipinski definition) is 1. The van der Waals surface area contributed by atoms with Gasteiger partial charge in [0.25, 0.3) is 0 Å². The van der Waals surface area contributed by atoms with Crippen molar-refractivity contribution in [2.45, 2.75) is 12.8 Å². The highest BCUT2D eigenvalue weighted by Crippen LogP contribution is 2.08. The van der Waals surface area contributed by atoms with Gasteiger partial charge in [0.2, 0.25) is 0 Å². The second-order valence-corrected chi connectivity index (χ2v) is 3.44. The monoisotopic (exact) mass is 199 g/mol. The Bertz CT molecular complexity index is 409. The van der Waals surface area contributed by atoms with Gasteiger partial charge in [-0.25, -0.2) is 9.97 Å². The third-order valence-electron chi connectivity index (χ3n) is 2.29. The van der Waals surface area contributed by atoms with Crippen molar-refractivity contribution in [1.29, 1.82) is 0 Å². The molecule has 15 heavy (non-hydrogen) atoms. The van der Waals surface area contributed by atoms with Crippen LogP contribution in [0.25, 0.3) is 0 Å². The van der Waals surface area contributed by atoms with E-state index in [-0.39, 0.29) is 0 Å². The van der Waals surface area contributed by atoms with Crippen LogP contribution in [0.4, 0.5) is 5.69 Å². The lowest BCUT2D eigenvalue weighted by Gasteiger charge is -2.01. The van der Waals surface area contributed by atoms with Gasteiger partial charge in [0, 0.05) is 17.6 Å². The smallest absolute Gasteiger partial charge is 0.115 e. The third kappa shape index (κ3) is 2.77. The zero-order valence-corrected chi connectivity index (χ0v) is 8.43. The summed E-state index contributed by atoms with van der Waals surface area (Å²) >= 11 is 0. The standard InChI is InChI=1S/C12H13N3/c13-11-4-1-10(2-5-11)3-6-12-7-8-14-9-15-12/h1-2,4-5,7-9H,3,6,13H2. The summed E-state index contributed by atoms with van der Waals surface area (Å²) in [5.41, 5.74) is 8.77. The molecule has 1 aromatic heterocycles. The fourth-order valence-electron chi connectivity index (χ4n) is 1.42. The topological polar surface area (TPSA) is 51.8 Å². The Hall–Kier alpha value is -1.90. The van der Waals surface area contributed by atoms with Gasteiger partial charge >= 0.3 is 0 Å². The van der Waals surface area contributed by atoms with E-state index in [1.165, 1.54) is 5.56 Å². The van der Waals surface area contributed by atoms with Crippen LogP contribution in [0.3, 0.4) is 0 Å². The van der Waals surface area contributed by atoms with Crippen LogP contribution in [0, 0.1) is 0 Å². The Balaban J connectivity index is 1.96. The molecule has 0 aliphatic heterocycles. The molecule has 2 aromatic rings. The van der Waals surface area contributed by atoms with E-state index in [0.29, 0.717) is 0 Å². The van der Waals surface area contributed by atoms with Gasteiger partial charge in [-0.05, 0) is 36.6 Å². The lowest BCUT2D eigenvalue weighted by Crippen LogP contribution is -1.94. The summed E-state index contributed by atoms with van der Waals surface area (Å²) in [5, 5.41) is 0. The van der Waals surface area contributed by atoms with Gasteiger partial charge in [0.15, 0.2) is 0 Å². The minimum Gasteiger partial charge on any atom is -0.399 e. The molecule has 0 aliphatic rings. The molecule has 1 aromatic carbocycles. The number of nitrogens with two attached hydrogens (primary N) is 1. The first-order valence-electron chi connectivity index (χ1n) is 4.94. The highest BCUT2D eigenvalue weighted by Gasteiger charge is 1.96. The molecule has 3 heteroatoms. The molecule has 0 radical (unpaired) electrons.